The summed E-state index contributed by atoms with van der Waals surface area (Å²) in [5.74, 6) is 0.543. The quantitative estimate of drug-likeness (QED) is 0.540. The average molecular weight is 236 g/mol. The average Bonchev–Trinajstić information content (AvgIpc) is 2.12. The lowest BCUT2D eigenvalue weighted by Gasteiger charge is -1.99. The van der Waals surface area contributed by atoms with Crippen LogP contribution in [0.2, 0.25) is 10.0 Å². The van der Waals surface area contributed by atoms with Crippen molar-refractivity contribution < 1.29 is 0 Å². The van der Waals surface area contributed by atoms with Gasteiger partial charge in [0, 0.05) is 5.88 Å². The Labute approximate surface area is 93.1 Å². The van der Waals surface area contributed by atoms with E-state index in [0.717, 1.165) is 12.0 Å². The molecular weight excluding hydrogens is 226 g/mol. The highest BCUT2D eigenvalue weighted by atomic mass is 35.5. The van der Waals surface area contributed by atoms with E-state index in [-0.39, 0.29) is 0 Å². The summed E-state index contributed by atoms with van der Waals surface area (Å²) in [5.41, 5.74) is 1.13. The van der Waals surface area contributed by atoms with Crippen molar-refractivity contribution in [2.24, 2.45) is 0 Å². The minimum Gasteiger partial charge on any atom is -0.122 e. The highest BCUT2D eigenvalue weighted by Gasteiger charge is 1.97. The van der Waals surface area contributed by atoms with E-state index >= 15 is 0 Å². The Morgan fingerprint density at radius 2 is 1.85 bits per heavy atom. The van der Waals surface area contributed by atoms with Gasteiger partial charge < -0.3 is 0 Å². The molecule has 3 heteroatoms. The van der Waals surface area contributed by atoms with E-state index in [4.69, 9.17) is 34.8 Å². The molecule has 13 heavy (non-hydrogen) atoms. The van der Waals surface area contributed by atoms with E-state index in [9.17, 15) is 0 Å². The van der Waals surface area contributed by atoms with Gasteiger partial charge in [-0.2, -0.15) is 0 Å². The summed E-state index contributed by atoms with van der Waals surface area (Å²) in [7, 11) is 0. The fraction of sp³-hybridized carbons (Fsp3) is 0.200. The predicted octanol–water partition coefficient (Wildman–Crippen LogP) is 4.33. The summed E-state index contributed by atoms with van der Waals surface area (Å²) in [5, 5.41) is 1.19. The molecule has 0 aliphatic rings. The topological polar surface area (TPSA) is 0 Å². The zero-order valence-electron chi connectivity index (χ0n) is 6.93. The summed E-state index contributed by atoms with van der Waals surface area (Å²) < 4.78 is 0. The Hall–Kier alpha value is -0.170. The Kier molecular flexibility index (Phi) is 4.65. The molecule has 1 aromatic carbocycles. The van der Waals surface area contributed by atoms with E-state index in [1.54, 1.807) is 6.07 Å². The Balaban J connectivity index is 2.68. The maximum absolute atomic E-state index is 5.84. The van der Waals surface area contributed by atoms with Gasteiger partial charge in [-0.05, 0) is 24.1 Å². The van der Waals surface area contributed by atoms with Crippen molar-refractivity contribution in [2.75, 3.05) is 5.88 Å². The molecule has 0 bridgehead atoms. The second-order valence-corrected chi connectivity index (χ2v) is 3.70. The van der Waals surface area contributed by atoms with Crippen LogP contribution in [-0.4, -0.2) is 5.88 Å². The minimum absolute atomic E-state index is 0.543. The van der Waals surface area contributed by atoms with Crippen LogP contribution in [-0.2, 0) is 6.42 Å². The molecule has 0 saturated heterocycles. The van der Waals surface area contributed by atoms with Gasteiger partial charge in [-0.3, -0.25) is 0 Å². The van der Waals surface area contributed by atoms with E-state index in [1.165, 1.54) is 0 Å². The van der Waals surface area contributed by atoms with Crippen LogP contribution >= 0.6 is 34.8 Å². The molecule has 0 radical (unpaired) electrons. The standard InChI is InChI=1S/C10H9Cl3/c11-6-2-1-3-8-4-5-9(12)10(13)7-8/h1-2,4-5,7H,3,6H2/b2-1+. The van der Waals surface area contributed by atoms with E-state index in [0.29, 0.717) is 15.9 Å². The normalized spacial score (nSPS) is 11.0. The third kappa shape index (κ3) is 3.60. The van der Waals surface area contributed by atoms with Crippen LogP contribution in [0, 0.1) is 0 Å². The van der Waals surface area contributed by atoms with E-state index in [2.05, 4.69) is 0 Å². The Bertz CT molecular complexity index is 305. The summed E-state index contributed by atoms with van der Waals surface area (Å²) in [6.07, 6.45) is 4.75. The summed E-state index contributed by atoms with van der Waals surface area (Å²) in [6.45, 7) is 0. The van der Waals surface area contributed by atoms with Gasteiger partial charge in [-0.15, -0.1) is 11.6 Å². The van der Waals surface area contributed by atoms with Crippen molar-refractivity contribution >= 4 is 34.8 Å². The monoisotopic (exact) mass is 234 g/mol. The molecule has 0 aliphatic carbocycles. The van der Waals surface area contributed by atoms with Crippen LogP contribution in [0.5, 0.6) is 0 Å². The van der Waals surface area contributed by atoms with Crippen LogP contribution in [0.25, 0.3) is 0 Å². The third-order valence-electron chi connectivity index (χ3n) is 1.59. The Morgan fingerprint density at radius 1 is 1.08 bits per heavy atom. The number of halogens is 3. The van der Waals surface area contributed by atoms with Crippen molar-refractivity contribution in [3.05, 3.63) is 46.0 Å². The van der Waals surface area contributed by atoms with Gasteiger partial charge in [0.05, 0.1) is 10.0 Å². The lowest BCUT2D eigenvalue weighted by atomic mass is 10.1. The number of hydrogen-bond acceptors (Lipinski definition) is 0. The molecule has 0 nitrogen and oxygen atoms in total. The van der Waals surface area contributed by atoms with Crippen LogP contribution in [0.3, 0.4) is 0 Å². The maximum atomic E-state index is 5.84. The number of hydrogen-bond donors (Lipinski definition) is 0. The number of benzene rings is 1. The zero-order chi connectivity index (χ0) is 9.68. The minimum atomic E-state index is 0.543. The molecular formula is C10H9Cl3. The molecule has 0 spiro atoms. The smallest absolute Gasteiger partial charge is 0.0595 e. The van der Waals surface area contributed by atoms with E-state index in [1.807, 2.05) is 24.3 Å². The molecule has 0 atom stereocenters. The second kappa shape index (κ2) is 5.54. The van der Waals surface area contributed by atoms with Gasteiger partial charge in [0.25, 0.3) is 0 Å². The molecule has 0 N–H and O–H groups in total. The van der Waals surface area contributed by atoms with Crippen LogP contribution in [0.1, 0.15) is 5.56 Å². The highest BCUT2D eigenvalue weighted by Crippen LogP contribution is 2.22. The first-order valence-electron chi connectivity index (χ1n) is 3.89. The van der Waals surface area contributed by atoms with Gasteiger partial charge in [0.15, 0.2) is 0 Å². The fourth-order valence-corrected chi connectivity index (χ4v) is 1.40. The fourth-order valence-electron chi connectivity index (χ4n) is 0.949. The first-order chi connectivity index (χ1) is 6.24. The summed E-state index contributed by atoms with van der Waals surface area (Å²) >= 11 is 17.1. The largest absolute Gasteiger partial charge is 0.122 e. The highest BCUT2D eigenvalue weighted by molar-refractivity contribution is 6.42. The molecule has 0 aliphatic heterocycles. The second-order valence-electron chi connectivity index (χ2n) is 2.58. The molecule has 0 fully saturated rings. The van der Waals surface area contributed by atoms with E-state index < -0.39 is 0 Å². The number of allylic oxidation sites excluding steroid dienone is 2. The van der Waals surface area contributed by atoms with Crippen LogP contribution in [0.4, 0.5) is 0 Å². The lowest BCUT2D eigenvalue weighted by molar-refractivity contribution is 1.26. The molecule has 0 heterocycles. The first kappa shape index (κ1) is 10.9. The van der Waals surface area contributed by atoms with Crippen LogP contribution < -0.4 is 0 Å². The first-order valence-corrected chi connectivity index (χ1v) is 5.18. The predicted molar refractivity (Wildman–Crippen MR) is 60.0 cm³/mol. The summed E-state index contributed by atoms with van der Waals surface area (Å²) in [4.78, 5) is 0. The van der Waals surface area contributed by atoms with Gasteiger partial charge in [-0.1, -0.05) is 41.4 Å². The van der Waals surface area contributed by atoms with Gasteiger partial charge in [0.1, 0.15) is 0 Å². The molecule has 0 unspecified atom stereocenters. The third-order valence-corrected chi connectivity index (χ3v) is 2.51. The molecule has 1 aromatic rings. The number of alkyl halides is 1. The van der Waals surface area contributed by atoms with Gasteiger partial charge in [-0.25, -0.2) is 0 Å². The van der Waals surface area contributed by atoms with Crippen molar-refractivity contribution in [2.45, 2.75) is 6.42 Å². The Morgan fingerprint density at radius 3 is 2.46 bits per heavy atom. The molecule has 1 rings (SSSR count). The van der Waals surface area contributed by atoms with Crippen molar-refractivity contribution in [3.63, 3.8) is 0 Å². The van der Waals surface area contributed by atoms with Crippen LogP contribution in [0.15, 0.2) is 30.4 Å². The van der Waals surface area contributed by atoms with Gasteiger partial charge >= 0.3 is 0 Å². The summed E-state index contributed by atoms with van der Waals surface area (Å²) in [6, 6.07) is 5.61. The SMILES string of the molecule is ClC/C=C/Cc1ccc(Cl)c(Cl)c1. The zero-order valence-corrected chi connectivity index (χ0v) is 9.20. The lowest BCUT2D eigenvalue weighted by Crippen LogP contribution is -1.81. The molecule has 0 aromatic heterocycles. The molecule has 70 valence electrons. The van der Waals surface area contributed by atoms with Gasteiger partial charge in [0.2, 0.25) is 0 Å². The van der Waals surface area contributed by atoms with Crippen molar-refractivity contribution in [3.8, 4) is 0 Å². The maximum Gasteiger partial charge on any atom is 0.0595 e. The van der Waals surface area contributed by atoms with Crippen molar-refractivity contribution in [1.82, 2.24) is 0 Å². The number of rotatable bonds is 3. The van der Waals surface area contributed by atoms with Crippen molar-refractivity contribution in [1.29, 1.82) is 0 Å². The molecule has 0 saturated carbocycles. The molecule has 0 amide bonds.